The second kappa shape index (κ2) is 4.60. The maximum Gasteiger partial charge on any atom is 0.254 e. The fourth-order valence-electron chi connectivity index (χ4n) is 1.29. The number of nitrogens with two attached hydrogens (primary N) is 1. The molecule has 7 heteroatoms. The van der Waals surface area contributed by atoms with E-state index in [9.17, 15) is 9.18 Å². The number of pyridine rings is 1. The van der Waals surface area contributed by atoms with Gasteiger partial charge in [-0.15, -0.1) is 0 Å². The third kappa shape index (κ3) is 2.39. The number of amides is 1. The minimum Gasteiger partial charge on any atom is -0.381 e. The number of carbonyl (C=O) groups is 1. The van der Waals surface area contributed by atoms with Gasteiger partial charge >= 0.3 is 0 Å². The number of aromatic amines is 1. The molecule has 4 N–H and O–H groups in total. The number of nitrogens with zero attached hydrogens (tertiary/aromatic N) is 2. The van der Waals surface area contributed by atoms with Gasteiger partial charge in [0.1, 0.15) is 0 Å². The Bertz CT molecular complexity index is 525. The lowest BCUT2D eigenvalue weighted by Crippen LogP contribution is -2.24. The largest absolute Gasteiger partial charge is 0.381 e. The highest BCUT2D eigenvalue weighted by Crippen LogP contribution is 2.11. The fourth-order valence-corrected chi connectivity index (χ4v) is 1.29. The van der Waals surface area contributed by atoms with Crippen LogP contribution in [0, 0.1) is 5.82 Å². The number of carbonyl (C=O) groups excluding carboxylic acids is 1. The Morgan fingerprint density at radius 2 is 2.41 bits per heavy atom. The average Bonchev–Trinajstić information content (AvgIpc) is 2.82. The lowest BCUT2D eigenvalue weighted by Gasteiger charge is -2.05. The van der Waals surface area contributed by atoms with Crippen LogP contribution in [0.3, 0.4) is 0 Å². The number of anilines is 1. The van der Waals surface area contributed by atoms with E-state index in [4.69, 9.17) is 5.73 Å². The van der Waals surface area contributed by atoms with Gasteiger partial charge in [-0.2, -0.15) is 5.10 Å². The smallest absolute Gasteiger partial charge is 0.254 e. The maximum atomic E-state index is 13.5. The molecule has 1 amide bonds. The van der Waals surface area contributed by atoms with E-state index in [0.29, 0.717) is 0 Å². The van der Waals surface area contributed by atoms with Gasteiger partial charge in [0.2, 0.25) is 0 Å². The zero-order valence-corrected chi connectivity index (χ0v) is 8.77. The summed E-state index contributed by atoms with van der Waals surface area (Å²) >= 11 is 0. The van der Waals surface area contributed by atoms with Gasteiger partial charge in [0.25, 0.3) is 5.91 Å². The van der Waals surface area contributed by atoms with Crippen molar-refractivity contribution in [1.29, 1.82) is 0 Å². The Morgan fingerprint density at radius 3 is 3.12 bits per heavy atom. The molecule has 6 nitrogen and oxygen atoms in total. The van der Waals surface area contributed by atoms with Gasteiger partial charge in [-0.3, -0.25) is 9.89 Å². The van der Waals surface area contributed by atoms with Crippen LogP contribution in [0.1, 0.15) is 15.9 Å². The predicted octanol–water partition coefficient (Wildman–Crippen LogP) is 0.456. The van der Waals surface area contributed by atoms with Crippen LogP contribution in [-0.4, -0.2) is 21.1 Å². The number of aromatic nitrogens is 3. The molecule has 2 aromatic rings. The molecule has 17 heavy (non-hydrogen) atoms. The summed E-state index contributed by atoms with van der Waals surface area (Å²) in [6, 6.07) is 1.27. The Morgan fingerprint density at radius 1 is 1.59 bits per heavy atom. The average molecular weight is 235 g/mol. The molecule has 0 aromatic carbocycles. The van der Waals surface area contributed by atoms with Crippen molar-refractivity contribution in [3.05, 3.63) is 41.6 Å². The SMILES string of the molecule is Nc1nccc(C(=O)NCc2cn[nH]c2)c1F. The summed E-state index contributed by atoms with van der Waals surface area (Å²) in [5, 5.41) is 8.88. The number of nitrogen functional groups attached to an aromatic ring is 1. The van der Waals surface area contributed by atoms with Crippen molar-refractivity contribution in [3.8, 4) is 0 Å². The van der Waals surface area contributed by atoms with Crippen molar-refractivity contribution in [2.75, 3.05) is 5.73 Å². The van der Waals surface area contributed by atoms with E-state index in [1.54, 1.807) is 12.4 Å². The molecule has 0 aliphatic rings. The summed E-state index contributed by atoms with van der Waals surface area (Å²) in [5.41, 5.74) is 5.94. The standard InChI is InChI=1S/C10H10FN5O/c11-8-7(1-2-13-9(8)12)10(17)14-3-6-4-15-16-5-6/h1-2,4-5H,3H2,(H2,12,13)(H,14,17)(H,15,16). The first-order valence-corrected chi connectivity index (χ1v) is 4.84. The number of nitrogens with one attached hydrogen (secondary N) is 2. The summed E-state index contributed by atoms with van der Waals surface area (Å²) in [4.78, 5) is 15.2. The number of H-pyrrole nitrogens is 1. The van der Waals surface area contributed by atoms with Crippen LogP contribution in [0.25, 0.3) is 0 Å². The number of hydrogen-bond donors (Lipinski definition) is 3. The van der Waals surface area contributed by atoms with Crippen LogP contribution in [0.2, 0.25) is 0 Å². The van der Waals surface area contributed by atoms with Crippen LogP contribution >= 0.6 is 0 Å². The predicted molar refractivity (Wildman–Crippen MR) is 58.4 cm³/mol. The van der Waals surface area contributed by atoms with Gasteiger partial charge in [-0.05, 0) is 6.07 Å². The number of rotatable bonds is 3. The summed E-state index contributed by atoms with van der Waals surface area (Å²) < 4.78 is 13.5. The van der Waals surface area contributed by atoms with Crippen molar-refractivity contribution < 1.29 is 9.18 Å². The Labute approximate surface area is 96.1 Å². The van der Waals surface area contributed by atoms with Crippen molar-refractivity contribution >= 4 is 11.7 Å². The summed E-state index contributed by atoms with van der Waals surface area (Å²) in [7, 11) is 0. The normalized spacial score (nSPS) is 10.2. The van der Waals surface area contributed by atoms with E-state index in [0.717, 1.165) is 5.56 Å². The van der Waals surface area contributed by atoms with Crippen LogP contribution in [0.4, 0.5) is 10.2 Å². The molecule has 0 radical (unpaired) electrons. The second-order valence-electron chi connectivity index (χ2n) is 3.35. The van der Waals surface area contributed by atoms with E-state index in [-0.39, 0.29) is 17.9 Å². The van der Waals surface area contributed by atoms with Gasteiger partial charge in [0.05, 0.1) is 11.8 Å². The van der Waals surface area contributed by atoms with Crippen molar-refractivity contribution in [2.24, 2.45) is 0 Å². The zero-order chi connectivity index (χ0) is 12.3. The summed E-state index contributed by atoms with van der Waals surface area (Å²) in [6.07, 6.45) is 4.49. The van der Waals surface area contributed by atoms with E-state index < -0.39 is 11.7 Å². The van der Waals surface area contributed by atoms with Gasteiger partial charge in [-0.1, -0.05) is 0 Å². The van der Waals surface area contributed by atoms with Crippen LogP contribution in [0.15, 0.2) is 24.7 Å². The number of hydrogen-bond acceptors (Lipinski definition) is 4. The minimum atomic E-state index is -0.808. The van der Waals surface area contributed by atoms with Crippen molar-refractivity contribution in [3.63, 3.8) is 0 Å². The monoisotopic (exact) mass is 235 g/mol. The lowest BCUT2D eigenvalue weighted by atomic mass is 10.2. The molecule has 0 unspecified atom stereocenters. The minimum absolute atomic E-state index is 0.124. The molecule has 0 aliphatic heterocycles. The Balaban J connectivity index is 2.07. The summed E-state index contributed by atoms with van der Waals surface area (Å²) in [5.74, 6) is -1.64. The molecule has 0 saturated heterocycles. The zero-order valence-electron chi connectivity index (χ0n) is 8.77. The van der Waals surface area contributed by atoms with Crippen LogP contribution in [0.5, 0.6) is 0 Å². The molecule has 2 heterocycles. The second-order valence-corrected chi connectivity index (χ2v) is 3.35. The molecule has 0 fully saturated rings. The summed E-state index contributed by atoms with van der Waals surface area (Å²) in [6.45, 7) is 0.261. The molecule has 0 aliphatic carbocycles. The maximum absolute atomic E-state index is 13.5. The van der Waals surface area contributed by atoms with Gasteiger partial charge in [0, 0.05) is 24.5 Å². The third-order valence-corrected chi connectivity index (χ3v) is 2.17. The highest BCUT2D eigenvalue weighted by Gasteiger charge is 2.14. The molecule has 0 bridgehead atoms. The highest BCUT2D eigenvalue weighted by atomic mass is 19.1. The van der Waals surface area contributed by atoms with Gasteiger partial charge in [-0.25, -0.2) is 9.37 Å². The van der Waals surface area contributed by atoms with E-state index >= 15 is 0 Å². The Hall–Kier alpha value is -2.44. The number of halogens is 1. The quantitative estimate of drug-likeness (QED) is 0.719. The van der Waals surface area contributed by atoms with Gasteiger partial charge in [0.15, 0.2) is 11.6 Å². The van der Waals surface area contributed by atoms with Crippen LogP contribution < -0.4 is 11.1 Å². The van der Waals surface area contributed by atoms with E-state index in [1.807, 2.05) is 0 Å². The Kier molecular flexibility index (Phi) is 2.99. The van der Waals surface area contributed by atoms with Crippen molar-refractivity contribution in [1.82, 2.24) is 20.5 Å². The molecule has 2 aromatic heterocycles. The van der Waals surface area contributed by atoms with Crippen LogP contribution in [-0.2, 0) is 6.54 Å². The first kappa shape index (κ1) is 11.1. The first-order chi connectivity index (χ1) is 8.18. The lowest BCUT2D eigenvalue weighted by molar-refractivity contribution is 0.0947. The third-order valence-electron chi connectivity index (χ3n) is 2.17. The molecule has 0 spiro atoms. The van der Waals surface area contributed by atoms with E-state index in [1.165, 1.54) is 12.3 Å². The fraction of sp³-hybridized carbons (Fsp3) is 0.100. The van der Waals surface area contributed by atoms with Crippen molar-refractivity contribution in [2.45, 2.75) is 6.54 Å². The molecule has 0 atom stereocenters. The molecule has 0 saturated carbocycles. The molecule has 2 rings (SSSR count). The van der Waals surface area contributed by atoms with Gasteiger partial charge < -0.3 is 11.1 Å². The topological polar surface area (TPSA) is 96.7 Å². The molecule has 88 valence electrons. The highest BCUT2D eigenvalue weighted by molar-refractivity contribution is 5.95. The molecular formula is C10H10FN5O. The first-order valence-electron chi connectivity index (χ1n) is 4.84. The van der Waals surface area contributed by atoms with E-state index in [2.05, 4.69) is 20.5 Å². The molecular weight excluding hydrogens is 225 g/mol.